The monoisotopic (exact) mass is 181 g/mol. The molecule has 2 N–H and O–H groups in total. The van der Waals surface area contributed by atoms with Crippen molar-refractivity contribution in [3.05, 3.63) is 11.6 Å². The summed E-state index contributed by atoms with van der Waals surface area (Å²) in [6, 6.07) is 0. The first-order chi connectivity index (χ1) is 6.36. The van der Waals surface area contributed by atoms with Gasteiger partial charge in [0.25, 0.3) is 0 Å². The van der Waals surface area contributed by atoms with Crippen LogP contribution < -0.4 is 5.73 Å². The zero-order valence-corrected chi connectivity index (χ0v) is 8.89. The van der Waals surface area contributed by atoms with Crippen molar-refractivity contribution in [2.75, 3.05) is 6.54 Å². The molecule has 0 radical (unpaired) electrons. The highest BCUT2D eigenvalue weighted by atomic mass is 14.5. The van der Waals surface area contributed by atoms with Crippen LogP contribution in [0.15, 0.2) is 11.6 Å². The molecular weight excluding hydrogens is 158 g/mol. The highest BCUT2D eigenvalue weighted by molar-refractivity contribution is 5.03. The van der Waals surface area contributed by atoms with Crippen LogP contribution in [-0.4, -0.2) is 6.54 Å². The van der Waals surface area contributed by atoms with Gasteiger partial charge >= 0.3 is 0 Å². The Bertz CT molecular complexity index is 161. The molecule has 1 nitrogen and oxygen atoms in total. The Hall–Kier alpha value is -0.300. The number of allylic oxidation sites excluding steroid dienone is 1. The van der Waals surface area contributed by atoms with Gasteiger partial charge in [-0.25, -0.2) is 0 Å². The lowest BCUT2D eigenvalue weighted by atomic mass is 9.97. The normalized spacial score (nSPS) is 27.5. The first kappa shape index (κ1) is 10.8. The van der Waals surface area contributed by atoms with Gasteiger partial charge in [-0.3, -0.25) is 0 Å². The third-order valence-corrected chi connectivity index (χ3v) is 3.16. The van der Waals surface area contributed by atoms with E-state index in [-0.39, 0.29) is 0 Å². The van der Waals surface area contributed by atoms with E-state index in [0.717, 1.165) is 18.9 Å². The molecule has 13 heavy (non-hydrogen) atoms. The molecule has 1 heteroatoms. The largest absolute Gasteiger partial charge is 0.330 e. The van der Waals surface area contributed by atoms with Crippen LogP contribution in [0.5, 0.6) is 0 Å². The zero-order chi connectivity index (χ0) is 9.52. The summed E-state index contributed by atoms with van der Waals surface area (Å²) in [5.41, 5.74) is 7.16. The summed E-state index contributed by atoms with van der Waals surface area (Å²) in [6.07, 6.45) is 11.7. The zero-order valence-electron chi connectivity index (χ0n) is 8.89. The Kier molecular flexibility index (Phi) is 5.14. The second-order valence-electron chi connectivity index (χ2n) is 4.14. The van der Waals surface area contributed by atoms with Crippen LogP contribution in [-0.2, 0) is 0 Å². The van der Waals surface area contributed by atoms with Gasteiger partial charge in [0.1, 0.15) is 0 Å². The summed E-state index contributed by atoms with van der Waals surface area (Å²) in [5.74, 6) is 0.990. The maximum absolute atomic E-state index is 5.49. The van der Waals surface area contributed by atoms with E-state index < -0.39 is 0 Å². The Morgan fingerprint density at radius 3 is 2.92 bits per heavy atom. The molecule has 0 bridgehead atoms. The minimum Gasteiger partial charge on any atom is -0.330 e. The molecule has 1 aliphatic rings. The third-order valence-electron chi connectivity index (χ3n) is 3.16. The van der Waals surface area contributed by atoms with Gasteiger partial charge in [0.05, 0.1) is 0 Å². The standard InChI is InChI=1S/C12H23N/c1-2-11-5-3-6-12(9-8-11)7-4-10-13/h7,11H,2-6,8-10,13H2,1H3/b12-7+. The maximum Gasteiger partial charge on any atom is -0.00425 e. The van der Waals surface area contributed by atoms with Gasteiger partial charge in [-0.1, -0.05) is 31.4 Å². The molecule has 1 fully saturated rings. The fourth-order valence-electron chi connectivity index (χ4n) is 2.18. The van der Waals surface area contributed by atoms with Gasteiger partial charge in [0.2, 0.25) is 0 Å². The molecule has 0 spiro atoms. The van der Waals surface area contributed by atoms with E-state index in [1.54, 1.807) is 5.57 Å². The Labute approximate surface area is 82.4 Å². The number of hydrogen-bond acceptors (Lipinski definition) is 1. The molecule has 1 unspecified atom stereocenters. The number of rotatable bonds is 3. The van der Waals surface area contributed by atoms with Crippen LogP contribution in [0.4, 0.5) is 0 Å². The fourth-order valence-corrected chi connectivity index (χ4v) is 2.18. The molecular formula is C12H23N. The smallest absolute Gasteiger partial charge is 0.00425 e. The lowest BCUT2D eigenvalue weighted by molar-refractivity contribution is 0.449. The molecule has 1 atom stereocenters. The van der Waals surface area contributed by atoms with Crippen molar-refractivity contribution in [2.24, 2.45) is 11.7 Å². The minimum atomic E-state index is 0.806. The molecule has 0 aromatic carbocycles. The highest BCUT2D eigenvalue weighted by Crippen LogP contribution is 2.28. The molecule has 76 valence electrons. The lowest BCUT2D eigenvalue weighted by Crippen LogP contribution is -1.97. The molecule has 0 saturated heterocycles. The average molecular weight is 181 g/mol. The molecule has 1 saturated carbocycles. The summed E-state index contributed by atoms with van der Waals surface area (Å²) < 4.78 is 0. The van der Waals surface area contributed by atoms with Crippen LogP contribution >= 0.6 is 0 Å². The van der Waals surface area contributed by atoms with E-state index in [1.165, 1.54) is 38.5 Å². The molecule has 0 aliphatic heterocycles. The third kappa shape index (κ3) is 3.95. The SMILES string of the molecule is CCC1CCC/C(=C\CCN)CC1. The topological polar surface area (TPSA) is 26.0 Å². The lowest BCUT2D eigenvalue weighted by Gasteiger charge is -2.08. The van der Waals surface area contributed by atoms with Crippen LogP contribution in [0.2, 0.25) is 0 Å². The molecule has 0 amide bonds. The van der Waals surface area contributed by atoms with E-state index in [9.17, 15) is 0 Å². The van der Waals surface area contributed by atoms with E-state index in [4.69, 9.17) is 5.73 Å². The van der Waals surface area contributed by atoms with Gasteiger partial charge in [0.15, 0.2) is 0 Å². The average Bonchev–Trinajstić information content (AvgIpc) is 2.39. The van der Waals surface area contributed by atoms with Gasteiger partial charge in [-0.15, -0.1) is 0 Å². The molecule has 1 aliphatic carbocycles. The predicted molar refractivity (Wildman–Crippen MR) is 58.6 cm³/mol. The second kappa shape index (κ2) is 6.20. The molecule has 0 heterocycles. The van der Waals surface area contributed by atoms with Crippen molar-refractivity contribution in [2.45, 2.75) is 51.9 Å². The molecule has 0 aromatic heterocycles. The fraction of sp³-hybridized carbons (Fsp3) is 0.833. The molecule has 0 aromatic rings. The van der Waals surface area contributed by atoms with Gasteiger partial charge < -0.3 is 5.73 Å². The van der Waals surface area contributed by atoms with Crippen LogP contribution in [0.3, 0.4) is 0 Å². The van der Waals surface area contributed by atoms with Gasteiger partial charge in [-0.05, 0) is 44.6 Å². The first-order valence-electron chi connectivity index (χ1n) is 5.74. The van der Waals surface area contributed by atoms with Crippen molar-refractivity contribution >= 4 is 0 Å². The van der Waals surface area contributed by atoms with E-state index in [1.807, 2.05) is 0 Å². The van der Waals surface area contributed by atoms with Crippen molar-refractivity contribution < 1.29 is 0 Å². The van der Waals surface area contributed by atoms with E-state index in [2.05, 4.69) is 13.0 Å². The van der Waals surface area contributed by atoms with Crippen LogP contribution in [0, 0.1) is 5.92 Å². The van der Waals surface area contributed by atoms with E-state index in [0.29, 0.717) is 0 Å². The van der Waals surface area contributed by atoms with Gasteiger partial charge in [-0.2, -0.15) is 0 Å². The van der Waals surface area contributed by atoms with Crippen LogP contribution in [0.1, 0.15) is 51.9 Å². The molecule has 1 rings (SSSR count). The quantitative estimate of drug-likeness (QED) is 0.525. The first-order valence-corrected chi connectivity index (χ1v) is 5.74. The highest BCUT2D eigenvalue weighted by Gasteiger charge is 2.12. The Morgan fingerprint density at radius 1 is 1.38 bits per heavy atom. The second-order valence-corrected chi connectivity index (χ2v) is 4.14. The van der Waals surface area contributed by atoms with Crippen molar-refractivity contribution in [1.29, 1.82) is 0 Å². The minimum absolute atomic E-state index is 0.806. The number of nitrogens with two attached hydrogens (primary N) is 1. The van der Waals surface area contributed by atoms with Gasteiger partial charge in [0, 0.05) is 0 Å². The summed E-state index contributed by atoms with van der Waals surface area (Å²) in [6.45, 7) is 3.12. The number of hydrogen-bond donors (Lipinski definition) is 1. The van der Waals surface area contributed by atoms with Crippen molar-refractivity contribution in [3.8, 4) is 0 Å². The van der Waals surface area contributed by atoms with E-state index >= 15 is 0 Å². The Balaban J connectivity index is 2.35. The summed E-state index contributed by atoms with van der Waals surface area (Å²) >= 11 is 0. The summed E-state index contributed by atoms with van der Waals surface area (Å²) in [7, 11) is 0. The van der Waals surface area contributed by atoms with Crippen molar-refractivity contribution in [3.63, 3.8) is 0 Å². The van der Waals surface area contributed by atoms with Crippen LogP contribution in [0.25, 0.3) is 0 Å². The predicted octanol–water partition coefficient (Wildman–Crippen LogP) is 3.25. The Morgan fingerprint density at radius 2 is 2.23 bits per heavy atom. The van der Waals surface area contributed by atoms with Crippen molar-refractivity contribution in [1.82, 2.24) is 0 Å². The summed E-state index contributed by atoms with van der Waals surface area (Å²) in [4.78, 5) is 0. The maximum atomic E-state index is 5.49. The summed E-state index contributed by atoms with van der Waals surface area (Å²) in [5, 5.41) is 0.